The van der Waals surface area contributed by atoms with Crippen molar-refractivity contribution >= 4 is 21.1 Å². The molecule has 6 nitrogen and oxygen atoms in total. The number of benzene rings is 2. The van der Waals surface area contributed by atoms with Crippen LogP contribution in [0.25, 0.3) is 11.0 Å². The fourth-order valence-corrected chi connectivity index (χ4v) is 3.87. The molecule has 0 spiro atoms. The molecule has 0 atom stereocenters. The molecule has 0 aliphatic carbocycles. The summed E-state index contributed by atoms with van der Waals surface area (Å²) >= 11 is 0. The summed E-state index contributed by atoms with van der Waals surface area (Å²) in [5.74, 6) is 0. The second-order valence-corrected chi connectivity index (χ2v) is 7.95. The third-order valence-electron chi connectivity index (χ3n) is 4.38. The Balaban J connectivity index is 1.80. The van der Waals surface area contributed by atoms with Gasteiger partial charge in [-0.25, -0.2) is 17.9 Å². The number of aromatic nitrogens is 2. The van der Waals surface area contributed by atoms with Crippen molar-refractivity contribution < 1.29 is 8.42 Å². The predicted molar refractivity (Wildman–Crippen MR) is 98.2 cm³/mol. The Bertz CT molecular complexity index is 1080. The largest absolute Gasteiger partial charge is 0.328 e. The summed E-state index contributed by atoms with van der Waals surface area (Å²) in [5, 5.41) is 0. The predicted octanol–water partition coefficient (Wildman–Crippen LogP) is 1.71. The van der Waals surface area contributed by atoms with Gasteiger partial charge in [0, 0.05) is 20.6 Å². The number of sulfonamides is 1. The van der Waals surface area contributed by atoms with Crippen molar-refractivity contribution in [3.8, 4) is 0 Å². The van der Waals surface area contributed by atoms with Gasteiger partial charge in [-0.2, -0.15) is 0 Å². The van der Waals surface area contributed by atoms with Crippen LogP contribution in [0.2, 0.25) is 0 Å². The van der Waals surface area contributed by atoms with Gasteiger partial charge < -0.3 is 0 Å². The molecule has 7 heteroatoms. The van der Waals surface area contributed by atoms with Crippen molar-refractivity contribution in [2.75, 3.05) is 6.54 Å². The maximum Gasteiger partial charge on any atom is 0.328 e. The second kappa shape index (κ2) is 6.50. The number of nitrogens with one attached hydrogen (secondary N) is 1. The number of hydrogen-bond acceptors (Lipinski definition) is 3. The number of aryl methyl sites for hydroxylation is 3. The third-order valence-corrected chi connectivity index (χ3v) is 5.84. The topological polar surface area (TPSA) is 73.1 Å². The average molecular weight is 359 g/mol. The summed E-state index contributed by atoms with van der Waals surface area (Å²) in [7, 11) is -0.329. The molecular formula is C18H21N3O3S. The highest BCUT2D eigenvalue weighted by atomic mass is 32.2. The van der Waals surface area contributed by atoms with E-state index < -0.39 is 10.0 Å². The van der Waals surface area contributed by atoms with Crippen molar-refractivity contribution in [1.82, 2.24) is 13.9 Å². The molecular weight excluding hydrogens is 338 g/mol. The van der Waals surface area contributed by atoms with Crippen LogP contribution in [0.3, 0.4) is 0 Å². The Morgan fingerprint density at radius 2 is 1.60 bits per heavy atom. The molecule has 0 saturated heterocycles. The molecule has 0 unspecified atom stereocenters. The minimum Gasteiger partial charge on any atom is -0.295 e. The Morgan fingerprint density at radius 1 is 0.960 bits per heavy atom. The molecule has 0 saturated carbocycles. The molecule has 0 aliphatic heterocycles. The number of imidazole rings is 1. The summed E-state index contributed by atoms with van der Waals surface area (Å²) in [5.41, 5.74) is 3.36. The van der Waals surface area contributed by atoms with E-state index in [0.29, 0.717) is 24.0 Å². The minimum atomic E-state index is -3.63. The maximum absolute atomic E-state index is 12.5. The SMILES string of the molecule is Cc1ccc(CCNS(=O)(=O)c2ccc3c(c2)n(C)c(=O)n3C)cc1. The highest BCUT2D eigenvalue weighted by molar-refractivity contribution is 7.89. The van der Waals surface area contributed by atoms with Gasteiger partial charge in [-0.3, -0.25) is 9.13 Å². The van der Waals surface area contributed by atoms with Crippen molar-refractivity contribution in [2.24, 2.45) is 14.1 Å². The standard InChI is InChI=1S/C18H21N3O3S/c1-13-4-6-14(7-5-13)10-11-19-25(23,24)15-8-9-16-17(12-15)21(3)18(22)20(16)2/h4-9,12,19H,10-11H2,1-3H3. The zero-order valence-electron chi connectivity index (χ0n) is 14.5. The van der Waals surface area contributed by atoms with Gasteiger partial charge >= 0.3 is 5.69 Å². The first-order valence-electron chi connectivity index (χ1n) is 8.00. The van der Waals surface area contributed by atoms with Gasteiger partial charge in [0.05, 0.1) is 15.9 Å². The zero-order chi connectivity index (χ0) is 18.2. The van der Waals surface area contributed by atoms with E-state index in [1.54, 1.807) is 20.2 Å². The Morgan fingerprint density at radius 3 is 2.28 bits per heavy atom. The number of fused-ring (bicyclic) bond motifs is 1. The van der Waals surface area contributed by atoms with Crippen LogP contribution >= 0.6 is 0 Å². The quantitative estimate of drug-likeness (QED) is 0.754. The number of hydrogen-bond donors (Lipinski definition) is 1. The van der Waals surface area contributed by atoms with Crippen LogP contribution in [0.15, 0.2) is 52.2 Å². The minimum absolute atomic E-state index is 0.158. The van der Waals surface area contributed by atoms with Gasteiger partial charge in [-0.05, 0) is 37.1 Å². The molecule has 1 N–H and O–H groups in total. The van der Waals surface area contributed by atoms with Crippen molar-refractivity contribution in [3.05, 3.63) is 64.1 Å². The molecule has 3 aromatic rings. The van der Waals surface area contributed by atoms with Gasteiger partial charge in [-0.1, -0.05) is 29.8 Å². The summed E-state index contributed by atoms with van der Waals surface area (Å²) in [6.07, 6.45) is 0.617. The number of nitrogens with zero attached hydrogens (tertiary/aromatic N) is 2. The normalized spacial score (nSPS) is 12.0. The Labute approximate surface area is 146 Å². The van der Waals surface area contributed by atoms with Gasteiger partial charge in [-0.15, -0.1) is 0 Å². The fraction of sp³-hybridized carbons (Fsp3) is 0.278. The summed E-state index contributed by atoms with van der Waals surface area (Å²) < 4.78 is 30.6. The monoisotopic (exact) mass is 359 g/mol. The molecule has 1 heterocycles. The lowest BCUT2D eigenvalue weighted by Gasteiger charge is -2.08. The van der Waals surface area contributed by atoms with E-state index in [-0.39, 0.29) is 10.6 Å². The van der Waals surface area contributed by atoms with E-state index >= 15 is 0 Å². The van der Waals surface area contributed by atoms with Gasteiger partial charge in [0.15, 0.2) is 0 Å². The molecule has 132 valence electrons. The number of rotatable bonds is 5. The maximum atomic E-state index is 12.5. The van der Waals surface area contributed by atoms with Crippen molar-refractivity contribution in [2.45, 2.75) is 18.2 Å². The molecule has 0 aliphatic rings. The molecule has 3 rings (SSSR count). The highest BCUT2D eigenvalue weighted by Gasteiger charge is 2.16. The first-order valence-corrected chi connectivity index (χ1v) is 9.48. The van der Waals surface area contributed by atoms with E-state index in [2.05, 4.69) is 4.72 Å². The van der Waals surface area contributed by atoms with E-state index in [9.17, 15) is 13.2 Å². The lowest BCUT2D eigenvalue weighted by Crippen LogP contribution is -2.26. The highest BCUT2D eigenvalue weighted by Crippen LogP contribution is 2.17. The van der Waals surface area contributed by atoms with Crippen LogP contribution in [0.5, 0.6) is 0 Å². The van der Waals surface area contributed by atoms with E-state index in [4.69, 9.17) is 0 Å². The van der Waals surface area contributed by atoms with E-state index in [1.807, 2.05) is 31.2 Å². The second-order valence-electron chi connectivity index (χ2n) is 6.18. The zero-order valence-corrected chi connectivity index (χ0v) is 15.3. The molecule has 0 bridgehead atoms. The van der Waals surface area contributed by atoms with Crippen molar-refractivity contribution in [3.63, 3.8) is 0 Å². The lowest BCUT2D eigenvalue weighted by molar-refractivity contribution is 0.581. The summed E-state index contributed by atoms with van der Waals surface area (Å²) in [6, 6.07) is 12.7. The first kappa shape index (κ1) is 17.4. The molecule has 25 heavy (non-hydrogen) atoms. The van der Waals surface area contributed by atoms with Crippen LogP contribution in [0.4, 0.5) is 0 Å². The van der Waals surface area contributed by atoms with E-state index in [1.165, 1.54) is 26.8 Å². The lowest BCUT2D eigenvalue weighted by atomic mass is 10.1. The first-order chi connectivity index (χ1) is 11.8. The average Bonchev–Trinajstić information content (AvgIpc) is 2.81. The van der Waals surface area contributed by atoms with Crippen LogP contribution in [-0.2, 0) is 30.5 Å². The van der Waals surface area contributed by atoms with Gasteiger partial charge in [0.2, 0.25) is 10.0 Å². The summed E-state index contributed by atoms with van der Waals surface area (Å²) in [6.45, 7) is 2.33. The molecule has 1 aromatic heterocycles. The van der Waals surface area contributed by atoms with Crippen molar-refractivity contribution in [1.29, 1.82) is 0 Å². The third kappa shape index (κ3) is 3.38. The van der Waals surface area contributed by atoms with Gasteiger partial charge in [0.25, 0.3) is 0 Å². The van der Waals surface area contributed by atoms with Crippen LogP contribution in [0.1, 0.15) is 11.1 Å². The fourth-order valence-electron chi connectivity index (χ4n) is 2.82. The summed E-state index contributed by atoms with van der Waals surface area (Å²) in [4.78, 5) is 12.1. The molecule has 0 amide bonds. The molecule has 0 fully saturated rings. The van der Waals surface area contributed by atoms with Crippen LogP contribution in [-0.4, -0.2) is 24.1 Å². The van der Waals surface area contributed by atoms with Gasteiger partial charge in [0.1, 0.15) is 0 Å². The molecule has 0 radical (unpaired) electrons. The van der Waals surface area contributed by atoms with E-state index in [0.717, 1.165) is 5.56 Å². The Hall–Kier alpha value is -2.38. The smallest absolute Gasteiger partial charge is 0.295 e. The van der Waals surface area contributed by atoms with Crippen LogP contribution in [0, 0.1) is 6.92 Å². The Kier molecular flexibility index (Phi) is 4.53. The van der Waals surface area contributed by atoms with Crippen LogP contribution < -0.4 is 10.4 Å². The molecule has 2 aromatic carbocycles.